The van der Waals surface area contributed by atoms with Gasteiger partial charge < -0.3 is 10.2 Å². The molecule has 2 fully saturated rings. The molecule has 0 saturated heterocycles. The molecule has 3 aliphatic rings. The first kappa shape index (κ1) is 19.9. The van der Waals surface area contributed by atoms with Crippen LogP contribution in [0.1, 0.15) is 63.4 Å². The summed E-state index contributed by atoms with van der Waals surface area (Å²) in [6.45, 7) is 0.586. The van der Waals surface area contributed by atoms with Crippen LogP contribution in [0.2, 0.25) is 0 Å². The SMILES string of the molecule is O=C(NC1CCC(C(=O)N2CCCc3cc(Br)cc(F)c32)CC1)C1CCCC1. The van der Waals surface area contributed by atoms with Gasteiger partial charge in [-0.05, 0) is 69.1 Å². The lowest BCUT2D eigenvalue weighted by molar-refractivity contribution is -0.126. The summed E-state index contributed by atoms with van der Waals surface area (Å²) >= 11 is 3.35. The van der Waals surface area contributed by atoms with Crippen LogP contribution in [0.5, 0.6) is 0 Å². The fourth-order valence-electron chi connectivity index (χ4n) is 5.08. The maximum atomic E-state index is 14.6. The third-order valence-electron chi connectivity index (χ3n) is 6.62. The lowest BCUT2D eigenvalue weighted by Crippen LogP contribution is -2.45. The molecule has 1 aliphatic heterocycles. The van der Waals surface area contributed by atoms with Gasteiger partial charge in [0.15, 0.2) is 0 Å². The van der Waals surface area contributed by atoms with Gasteiger partial charge in [0.2, 0.25) is 11.8 Å². The third kappa shape index (κ3) is 4.12. The minimum atomic E-state index is -0.324. The fraction of sp³-hybridized carbons (Fsp3) is 0.636. The molecule has 0 radical (unpaired) electrons. The predicted octanol–water partition coefficient (Wildman–Crippen LogP) is 4.73. The zero-order valence-electron chi connectivity index (χ0n) is 16.2. The molecule has 6 heteroatoms. The van der Waals surface area contributed by atoms with Gasteiger partial charge in [-0.1, -0.05) is 28.8 Å². The fourth-order valence-corrected chi connectivity index (χ4v) is 5.56. The molecule has 1 heterocycles. The predicted molar refractivity (Wildman–Crippen MR) is 111 cm³/mol. The first-order chi connectivity index (χ1) is 13.5. The van der Waals surface area contributed by atoms with E-state index in [0.717, 1.165) is 74.2 Å². The van der Waals surface area contributed by atoms with Crippen molar-refractivity contribution in [1.82, 2.24) is 5.32 Å². The zero-order valence-corrected chi connectivity index (χ0v) is 17.8. The Morgan fingerprint density at radius 3 is 2.43 bits per heavy atom. The van der Waals surface area contributed by atoms with E-state index in [1.54, 1.807) is 4.90 Å². The first-order valence-corrected chi connectivity index (χ1v) is 11.4. The second-order valence-electron chi connectivity index (χ2n) is 8.53. The van der Waals surface area contributed by atoms with Crippen molar-refractivity contribution in [2.45, 2.75) is 70.3 Å². The maximum absolute atomic E-state index is 14.6. The minimum Gasteiger partial charge on any atom is -0.353 e. The van der Waals surface area contributed by atoms with Crippen LogP contribution in [-0.2, 0) is 16.0 Å². The Bertz CT molecular complexity index is 755. The number of halogens is 2. The number of carbonyl (C=O) groups excluding carboxylic acids is 2. The van der Waals surface area contributed by atoms with Crippen LogP contribution in [0.25, 0.3) is 0 Å². The van der Waals surface area contributed by atoms with Crippen LogP contribution in [-0.4, -0.2) is 24.4 Å². The molecule has 1 N–H and O–H groups in total. The summed E-state index contributed by atoms with van der Waals surface area (Å²) in [7, 11) is 0. The summed E-state index contributed by atoms with van der Waals surface area (Å²) in [6.07, 6.45) is 9.18. The van der Waals surface area contributed by atoms with Gasteiger partial charge in [-0.2, -0.15) is 0 Å². The number of benzene rings is 1. The lowest BCUT2D eigenvalue weighted by atomic mass is 9.84. The van der Waals surface area contributed by atoms with E-state index in [2.05, 4.69) is 21.2 Å². The molecule has 0 atom stereocenters. The molecule has 0 unspecified atom stereocenters. The van der Waals surface area contributed by atoms with Crippen molar-refractivity contribution in [2.75, 3.05) is 11.4 Å². The van der Waals surface area contributed by atoms with Gasteiger partial charge in [0.25, 0.3) is 0 Å². The molecule has 0 aromatic heterocycles. The first-order valence-electron chi connectivity index (χ1n) is 10.6. The normalized spacial score (nSPS) is 25.4. The molecule has 28 heavy (non-hydrogen) atoms. The average molecular weight is 451 g/mol. The molecule has 1 aromatic carbocycles. The number of fused-ring (bicyclic) bond motifs is 1. The van der Waals surface area contributed by atoms with Gasteiger partial charge in [-0.15, -0.1) is 0 Å². The standard InChI is InChI=1S/C22H28BrFN2O2/c23-17-12-16-6-3-11-26(20(16)19(24)13-17)22(28)15-7-9-18(10-8-15)25-21(27)14-4-1-2-5-14/h12-15,18H,1-11H2,(H,25,27). The van der Waals surface area contributed by atoms with Crippen molar-refractivity contribution >= 4 is 33.4 Å². The van der Waals surface area contributed by atoms with Gasteiger partial charge in [-0.25, -0.2) is 4.39 Å². The highest BCUT2D eigenvalue weighted by Crippen LogP contribution is 2.36. The largest absolute Gasteiger partial charge is 0.353 e. The number of nitrogens with one attached hydrogen (secondary N) is 1. The molecular formula is C22H28BrFN2O2. The van der Waals surface area contributed by atoms with Gasteiger partial charge in [0.05, 0.1) is 5.69 Å². The van der Waals surface area contributed by atoms with Crippen molar-refractivity contribution in [1.29, 1.82) is 0 Å². The van der Waals surface area contributed by atoms with Gasteiger partial charge >= 0.3 is 0 Å². The van der Waals surface area contributed by atoms with Crippen LogP contribution in [0.15, 0.2) is 16.6 Å². The van der Waals surface area contributed by atoms with Crippen molar-refractivity contribution < 1.29 is 14.0 Å². The summed E-state index contributed by atoms with van der Waals surface area (Å²) in [5.41, 5.74) is 1.38. The molecule has 0 bridgehead atoms. The highest BCUT2D eigenvalue weighted by Gasteiger charge is 2.34. The molecule has 2 saturated carbocycles. The van der Waals surface area contributed by atoms with Crippen LogP contribution < -0.4 is 10.2 Å². The molecule has 4 rings (SSSR count). The summed E-state index contributed by atoms with van der Waals surface area (Å²) in [4.78, 5) is 27.2. The Hall–Kier alpha value is -1.43. The van der Waals surface area contributed by atoms with Crippen LogP contribution in [0.3, 0.4) is 0 Å². The van der Waals surface area contributed by atoms with Crippen molar-refractivity contribution in [3.05, 3.63) is 28.0 Å². The van der Waals surface area contributed by atoms with Crippen LogP contribution >= 0.6 is 15.9 Å². The van der Waals surface area contributed by atoms with E-state index in [1.165, 1.54) is 6.07 Å². The monoisotopic (exact) mass is 450 g/mol. The summed E-state index contributed by atoms with van der Waals surface area (Å²) in [6, 6.07) is 3.55. The van der Waals surface area contributed by atoms with Gasteiger partial charge in [-0.3, -0.25) is 9.59 Å². The number of aryl methyl sites for hydroxylation is 1. The van der Waals surface area contributed by atoms with Crippen LogP contribution in [0, 0.1) is 17.7 Å². The summed E-state index contributed by atoms with van der Waals surface area (Å²) in [5.74, 6) is 0.0303. The second kappa shape index (κ2) is 8.52. The Labute approximate surface area is 174 Å². The highest BCUT2D eigenvalue weighted by atomic mass is 79.9. The quantitative estimate of drug-likeness (QED) is 0.723. The summed E-state index contributed by atoms with van der Waals surface area (Å²) < 4.78 is 15.3. The maximum Gasteiger partial charge on any atom is 0.230 e. The average Bonchev–Trinajstić information content (AvgIpc) is 3.22. The highest BCUT2D eigenvalue weighted by molar-refractivity contribution is 9.10. The van der Waals surface area contributed by atoms with E-state index in [9.17, 15) is 14.0 Å². The number of carbonyl (C=O) groups is 2. The van der Waals surface area contributed by atoms with Crippen LogP contribution in [0.4, 0.5) is 10.1 Å². The molecule has 0 spiro atoms. The molecule has 152 valence electrons. The van der Waals surface area contributed by atoms with E-state index in [0.29, 0.717) is 12.2 Å². The number of rotatable bonds is 3. The Morgan fingerprint density at radius 1 is 1.00 bits per heavy atom. The van der Waals surface area contributed by atoms with E-state index < -0.39 is 0 Å². The minimum absolute atomic E-state index is 0.0442. The number of amides is 2. The molecule has 1 aromatic rings. The number of hydrogen-bond acceptors (Lipinski definition) is 2. The zero-order chi connectivity index (χ0) is 19.7. The van der Waals surface area contributed by atoms with E-state index in [4.69, 9.17) is 0 Å². The van der Waals surface area contributed by atoms with Crippen molar-refractivity contribution in [2.24, 2.45) is 11.8 Å². The third-order valence-corrected chi connectivity index (χ3v) is 7.08. The molecule has 4 nitrogen and oxygen atoms in total. The Morgan fingerprint density at radius 2 is 1.71 bits per heavy atom. The Balaban J connectivity index is 1.37. The number of nitrogens with zero attached hydrogens (tertiary/aromatic N) is 1. The van der Waals surface area contributed by atoms with Crippen molar-refractivity contribution in [3.63, 3.8) is 0 Å². The van der Waals surface area contributed by atoms with Crippen molar-refractivity contribution in [3.8, 4) is 0 Å². The van der Waals surface area contributed by atoms with Gasteiger partial charge in [0, 0.05) is 28.9 Å². The van der Waals surface area contributed by atoms with E-state index in [-0.39, 0.29) is 35.5 Å². The number of anilines is 1. The molecular weight excluding hydrogens is 423 g/mol. The van der Waals surface area contributed by atoms with E-state index >= 15 is 0 Å². The summed E-state index contributed by atoms with van der Waals surface area (Å²) in [5, 5.41) is 3.20. The molecule has 2 aliphatic carbocycles. The smallest absolute Gasteiger partial charge is 0.230 e. The molecule has 2 amide bonds. The van der Waals surface area contributed by atoms with E-state index in [1.807, 2.05) is 6.07 Å². The number of hydrogen-bond donors (Lipinski definition) is 1. The second-order valence-corrected chi connectivity index (χ2v) is 9.44. The van der Waals surface area contributed by atoms with Gasteiger partial charge in [0.1, 0.15) is 5.82 Å². The lowest BCUT2D eigenvalue weighted by Gasteiger charge is -2.35. The Kier molecular flexibility index (Phi) is 6.04. The topological polar surface area (TPSA) is 49.4 Å².